The number of halogens is 1. The number of carbonyl (C=O) groups is 2. The van der Waals surface area contributed by atoms with Crippen molar-refractivity contribution in [1.29, 1.82) is 0 Å². The highest BCUT2D eigenvalue weighted by atomic mass is 35.5. The lowest BCUT2D eigenvalue weighted by atomic mass is 10.1. The van der Waals surface area contributed by atoms with Gasteiger partial charge in [-0.3, -0.25) is 13.9 Å². The Bertz CT molecular complexity index is 1090. The van der Waals surface area contributed by atoms with Gasteiger partial charge < -0.3 is 15.0 Å². The van der Waals surface area contributed by atoms with E-state index in [0.717, 1.165) is 22.5 Å². The number of amides is 2. The third-order valence-electron chi connectivity index (χ3n) is 5.48. The van der Waals surface area contributed by atoms with Crippen LogP contribution in [0.4, 0.5) is 5.69 Å². The molecule has 0 saturated heterocycles. The Balaban J connectivity index is 2.39. The first-order chi connectivity index (χ1) is 16.0. The van der Waals surface area contributed by atoms with Crippen molar-refractivity contribution in [2.45, 2.75) is 45.8 Å². The van der Waals surface area contributed by atoms with Crippen molar-refractivity contribution in [1.82, 2.24) is 10.2 Å². The normalized spacial score (nSPS) is 13.0. The van der Waals surface area contributed by atoms with E-state index in [9.17, 15) is 18.0 Å². The van der Waals surface area contributed by atoms with Gasteiger partial charge in [0.25, 0.3) is 0 Å². The number of nitrogens with one attached hydrogen (secondary N) is 1. The molecule has 10 heteroatoms. The van der Waals surface area contributed by atoms with Crippen molar-refractivity contribution in [2.75, 3.05) is 24.2 Å². The lowest BCUT2D eigenvalue weighted by molar-refractivity contribution is -0.139. The summed E-state index contributed by atoms with van der Waals surface area (Å²) in [4.78, 5) is 27.7. The minimum absolute atomic E-state index is 0.0662. The van der Waals surface area contributed by atoms with E-state index in [1.807, 2.05) is 13.8 Å². The molecule has 2 rings (SSSR count). The number of nitrogens with zero attached hydrogens (tertiary/aromatic N) is 2. The van der Waals surface area contributed by atoms with Crippen LogP contribution in [-0.2, 0) is 26.2 Å². The largest absolute Gasteiger partial charge is 0.497 e. The van der Waals surface area contributed by atoms with Crippen LogP contribution in [0.5, 0.6) is 5.75 Å². The van der Waals surface area contributed by atoms with Gasteiger partial charge in [-0.25, -0.2) is 8.42 Å². The summed E-state index contributed by atoms with van der Waals surface area (Å²) >= 11 is 6.23. The first kappa shape index (κ1) is 27.5. The summed E-state index contributed by atoms with van der Waals surface area (Å²) in [6.07, 6.45) is 1.75. The van der Waals surface area contributed by atoms with E-state index in [2.05, 4.69) is 5.32 Å². The van der Waals surface area contributed by atoms with Gasteiger partial charge in [0.05, 0.1) is 24.1 Å². The number of carbonyl (C=O) groups excluding carboxylic acids is 2. The van der Waals surface area contributed by atoms with E-state index in [4.69, 9.17) is 16.3 Å². The number of anilines is 1. The average Bonchev–Trinajstić information content (AvgIpc) is 2.80. The molecule has 0 aliphatic carbocycles. The second-order valence-corrected chi connectivity index (χ2v) is 10.4. The predicted molar refractivity (Wildman–Crippen MR) is 135 cm³/mol. The number of benzene rings is 2. The molecule has 2 atom stereocenters. The first-order valence-electron chi connectivity index (χ1n) is 10.9. The van der Waals surface area contributed by atoms with Crippen LogP contribution in [-0.4, -0.2) is 57.1 Å². The molecule has 2 aromatic carbocycles. The third-order valence-corrected chi connectivity index (χ3v) is 6.93. The van der Waals surface area contributed by atoms with Gasteiger partial charge >= 0.3 is 0 Å². The molecule has 8 nitrogen and oxygen atoms in total. The Kier molecular flexibility index (Phi) is 9.76. The number of ether oxygens (including phenoxy) is 1. The van der Waals surface area contributed by atoms with Gasteiger partial charge in [0.1, 0.15) is 18.3 Å². The molecule has 2 amide bonds. The molecule has 2 aromatic rings. The minimum Gasteiger partial charge on any atom is -0.497 e. The maximum absolute atomic E-state index is 13.5. The Labute approximate surface area is 206 Å². The van der Waals surface area contributed by atoms with E-state index in [0.29, 0.717) is 5.75 Å². The van der Waals surface area contributed by atoms with Crippen molar-refractivity contribution < 1.29 is 22.7 Å². The highest BCUT2D eigenvalue weighted by Gasteiger charge is 2.31. The molecule has 0 aromatic heterocycles. The van der Waals surface area contributed by atoms with Crippen LogP contribution < -0.4 is 14.4 Å². The fourth-order valence-electron chi connectivity index (χ4n) is 3.22. The van der Waals surface area contributed by atoms with Crippen molar-refractivity contribution in [3.8, 4) is 5.75 Å². The van der Waals surface area contributed by atoms with Gasteiger partial charge in [-0.1, -0.05) is 42.8 Å². The SMILES string of the molecule is CC[C@H](C)NC(=O)[C@H](C)N(Cc1ccc(OC)cc1)C(=O)CN(c1ccccc1Cl)S(C)(=O)=O. The predicted octanol–water partition coefficient (Wildman–Crippen LogP) is 3.45. The zero-order valence-corrected chi connectivity index (χ0v) is 21.7. The molecule has 0 aliphatic rings. The number of para-hydroxylation sites is 1. The molecular formula is C24H32ClN3O5S. The van der Waals surface area contributed by atoms with Crippen molar-refractivity contribution in [3.63, 3.8) is 0 Å². The van der Waals surface area contributed by atoms with Crippen molar-refractivity contribution >= 4 is 39.1 Å². The summed E-state index contributed by atoms with van der Waals surface area (Å²) < 4.78 is 31.3. The van der Waals surface area contributed by atoms with Gasteiger partial charge in [0.2, 0.25) is 21.8 Å². The van der Waals surface area contributed by atoms with Gasteiger partial charge in [-0.2, -0.15) is 0 Å². The molecule has 0 radical (unpaired) electrons. The molecule has 0 fully saturated rings. The Morgan fingerprint density at radius 2 is 1.71 bits per heavy atom. The second kappa shape index (κ2) is 12.1. The van der Waals surface area contributed by atoms with E-state index >= 15 is 0 Å². The maximum Gasteiger partial charge on any atom is 0.244 e. The molecule has 0 spiro atoms. The smallest absolute Gasteiger partial charge is 0.244 e. The number of hydrogen-bond donors (Lipinski definition) is 1. The van der Waals surface area contributed by atoms with E-state index in [1.54, 1.807) is 56.5 Å². The maximum atomic E-state index is 13.5. The fraction of sp³-hybridized carbons (Fsp3) is 0.417. The quantitative estimate of drug-likeness (QED) is 0.500. The van der Waals surface area contributed by atoms with Gasteiger partial charge in [0.15, 0.2) is 0 Å². The molecule has 0 heterocycles. The standard InChI is InChI=1S/C24H32ClN3O5S/c1-6-17(2)26-24(30)18(3)27(15-19-11-13-20(33-4)14-12-19)23(29)16-28(34(5,31)32)22-10-8-7-9-21(22)25/h7-14,17-18H,6,15-16H2,1-5H3,(H,26,30)/t17-,18-/m0/s1. The van der Waals surface area contributed by atoms with Crippen LogP contribution in [0.15, 0.2) is 48.5 Å². The summed E-state index contributed by atoms with van der Waals surface area (Å²) in [6, 6.07) is 12.6. The number of rotatable bonds is 11. The minimum atomic E-state index is -3.84. The monoisotopic (exact) mass is 509 g/mol. The molecule has 0 saturated carbocycles. The summed E-state index contributed by atoms with van der Waals surface area (Å²) in [5, 5.41) is 3.09. The van der Waals surface area contributed by atoms with Crippen LogP contribution in [0.2, 0.25) is 5.02 Å². The van der Waals surface area contributed by atoms with Crippen LogP contribution in [0.25, 0.3) is 0 Å². The first-order valence-corrected chi connectivity index (χ1v) is 13.2. The number of sulfonamides is 1. The zero-order chi connectivity index (χ0) is 25.5. The molecule has 186 valence electrons. The number of hydrogen-bond acceptors (Lipinski definition) is 5. The molecule has 0 unspecified atom stereocenters. The molecular weight excluding hydrogens is 478 g/mol. The molecule has 34 heavy (non-hydrogen) atoms. The molecule has 0 bridgehead atoms. The lowest BCUT2D eigenvalue weighted by Gasteiger charge is -2.32. The Morgan fingerprint density at radius 3 is 2.24 bits per heavy atom. The topological polar surface area (TPSA) is 96.0 Å². The zero-order valence-electron chi connectivity index (χ0n) is 20.1. The van der Waals surface area contributed by atoms with Crippen LogP contribution in [0.3, 0.4) is 0 Å². The van der Waals surface area contributed by atoms with Crippen molar-refractivity contribution in [2.24, 2.45) is 0 Å². The van der Waals surface area contributed by atoms with E-state index in [-0.39, 0.29) is 29.2 Å². The summed E-state index contributed by atoms with van der Waals surface area (Å²) in [5.41, 5.74) is 0.960. The van der Waals surface area contributed by atoms with Gasteiger partial charge in [-0.15, -0.1) is 0 Å². The van der Waals surface area contributed by atoms with Crippen LogP contribution in [0, 0.1) is 0 Å². The molecule has 1 N–H and O–H groups in total. The third kappa shape index (κ3) is 7.36. The van der Waals surface area contributed by atoms with Gasteiger partial charge in [-0.05, 0) is 50.1 Å². The average molecular weight is 510 g/mol. The summed E-state index contributed by atoms with van der Waals surface area (Å²) in [6.45, 7) is 5.06. The van der Waals surface area contributed by atoms with Crippen LogP contribution >= 0.6 is 11.6 Å². The summed E-state index contributed by atoms with van der Waals surface area (Å²) in [7, 11) is -2.28. The van der Waals surface area contributed by atoms with E-state index in [1.165, 1.54) is 11.0 Å². The van der Waals surface area contributed by atoms with Crippen LogP contribution in [0.1, 0.15) is 32.8 Å². The Morgan fingerprint density at radius 1 is 1.09 bits per heavy atom. The van der Waals surface area contributed by atoms with E-state index < -0.39 is 28.5 Å². The lowest BCUT2D eigenvalue weighted by Crippen LogP contribution is -2.52. The van der Waals surface area contributed by atoms with Crippen molar-refractivity contribution in [3.05, 3.63) is 59.1 Å². The molecule has 0 aliphatic heterocycles. The Hall–Kier alpha value is -2.78. The van der Waals surface area contributed by atoms with Gasteiger partial charge in [0, 0.05) is 12.6 Å². The highest BCUT2D eigenvalue weighted by Crippen LogP contribution is 2.27. The second-order valence-electron chi connectivity index (χ2n) is 8.08. The fourth-order valence-corrected chi connectivity index (χ4v) is 4.37. The number of methoxy groups -OCH3 is 1. The highest BCUT2D eigenvalue weighted by molar-refractivity contribution is 7.92. The summed E-state index contributed by atoms with van der Waals surface area (Å²) in [5.74, 6) is -0.195.